The summed E-state index contributed by atoms with van der Waals surface area (Å²) in [5.41, 5.74) is 0.370. The van der Waals surface area contributed by atoms with E-state index in [0.29, 0.717) is 24.8 Å². The summed E-state index contributed by atoms with van der Waals surface area (Å²) in [5.74, 6) is -0.346. The number of carbonyl (C=O) groups is 2. The fourth-order valence-corrected chi connectivity index (χ4v) is 1.78. The van der Waals surface area contributed by atoms with E-state index in [1.54, 1.807) is 24.3 Å². The average molecular weight is 295 g/mol. The number of nitrogens with zero attached hydrogens (tertiary/aromatic N) is 1. The molecule has 7 heteroatoms. The summed E-state index contributed by atoms with van der Waals surface area (Å²) in [6.45, 7) is 1.31. The quantitative estimate of drug-likeness (QED) is 0.173. The molecule has 0 spiro atoms. The number of benzene rings is 1. The van der Waals surface area contributed by atoms with Gasteiger partial charge in [0.25, 0.3) is 5.09 Å². The van der Waals surface area contributed by atoms with Gasteiger partial charge in [-0.3, -0.25) is 9.59 Å². The number of ether oxygens (including phenoxy) is 1. The maximum Gasteiger partial charge on any atom is 0.308 e. The molecule has 0 amide bonds. The lowest BCUT2D eigenvalue weighted by molar-refractivity contribution is -0.757. The summed E-state index contributed by atoms with van der Waals surface area (Å²) in [6.07, 6.45) is 2.04. The summed E-state index contributed by atoms with van der Waals surface area (Å²) >= 11 is 0. The van der Waals surface area contributed by atoms with Crippen LogP contribution in [0.15, 0.2) is 24.3 Å². The molecule has 0 aromatic heterocycles. The highest BCUT2D eigenvalue weighted by Crippen LogP contribution is 2.20. The third kappa shape index (κ3) is 6.51. The molecule has 0 bridgehead atoms. The van der Waals surface area contributed by atoms with Gasteiger partial charge in [-0.2, -0.15) is 0 Å². The zero-order chi connectivity index (χ0) is 15.7. The van der Waals surface area contributed by atoms with E-state index in [0.717, 1.165) is 0 Å². The fourth-order valence-electron chi connectivity index (χ4n) is 1.78. The summed E-state index contributed by atoms with van der Waals surface area (Å²) in [4.78, 5) is 37.1. The molecule has 114 valence electrons. The first kappa shape index (κ1) is 16.6. The van der Waals surface area contributed by atoms with Crippen LogP contribution in [0, 0.1) is 10.1 Å². The highest BCUT2D eigenvalue weighted by Gasteiger charge is 2.13. The van der Waals surface area contributed by atoms with Gasteiger partial charge < -0.3 is 9.57 Å². The number of esters is 1. The van der Waals surface area contributed by atoms with Crippen LogP contribution >= 0.6 is 0 Å². The van der Waals surface area contributed by atoms with E-state index in [-0.39, 0.29) is 24.6 Å². The average Bonchev–Trinajstić information content (AvgIpc) is 2.42. The maximum absolute atomic E-state index is 12.1. The summed E-state index contributed by atoms with van der Waals surface area (Å²) in [6, 6.07) is 6.56. The van der Waals surface area contributed by atoms with Crippen molar-refractivity contribution in [3.8, 4) is 5.75 Å². The van der Waals surface area contributed by atoms with Gasteiger partial charge in [-0.1, -0.05) is 18.6 Å². The molecule has 0 atom stereocenters. The number of hydrogen-bond acceptors (Lipinski definition) is 6. The lowest BCUT2D eigenvalue weighted by Crippen LogP contribution is -2.08. The molecule has 0 fully saturated rings. The topological polar surface area (TPSA) is 95.7 Å². The normalized spacial score (nSPS) is 9.95. The lowest BCUT2D eigenvalue weighted by Gasteiger charge is -2.07. The largest absolute Gasteiger partial charge is 0.426 e. The molecule has 1 aromatic carbocycles. The second kappa shape index (κ2) is 8.68. The SMILES string of the molecule is CC(=O)Oc1ccccc1C(=O)CCCCCO[N+](=O)[O-]. The van der Waals surface area contributed by atoms with Gasteiger partial charge in [-0.05, 0) is 25.0 Å². The Bertz CT molecular complexity index is 514. The van der Waals surface area contributed by atoms with Crippen molar-refractivity contribution in [2.75, 3.05) is 6.61 Å². The Morgan fingerprint density at radius 3 is 2.57 bits per heavy atom. The Morgan fingerprint density at radius 2 is 1.90 bits per heavy atom. The Kier molecular flexibility index (Phi) is 6.86. The van der Waals surface area contributed by atoms with Gasteiger partial charge in [0.15, 0.2) is 5.78 Å². The van der Waals surface area contributed by atoms with Gasteiger partial charge in [0, 0.05) is 13.3 Å². The molecule has 0 radical (unpaired) electrons. The van der Waals surface area contributed by atoms with E-state index in [1.807, 2.05) is 0 Å². The molecule has 0 aliphatic heterocycles. The van der Waals surface area contributed by atoms with Crippen LogP contribution in [0.3, 0.4) is 0 Å². The summed E-state index contributed by atoms with van der Waals surface area (Å²) in [5, 5.41) is 9.11. The third-order valence-electron chi connectivity index (χ3n) is 2.69. The van der Waals surface area contributed by atoms with Crippen molar-refractivity contribution in [2.24, 2.45) is 0 Å². The van der Waals surface area contributed by atoms with Gasteiger partial charge in [0.2, 0.25) is 0 Å². The minimum absolute atomic E-state index is 0.0330. The zero-order valence-corrected chi connectivity index (χ0v) is 11.7. The van der Waals surface area contributed by atoms with Crippen LogP contribution in [0.25, 0.3) is 0 Å². The van der Waals surface area contributed by atoms with Crippen molar-refractivity contribution < 1.29 is 24.3 Å². The molecule has 0 aliphatic carbocycles. The summed E-state index contributed by atoms with van der Waals surface area (Å²) in [7, 11) is 0. The van der Waals surface area contributed by atoms with Crippen LogP contribution < -0.4 is 4.74 Å². The minimum Gasteiger partial charge on any atom is -0.426 e. The molecule has 0 saturated heterocycles. The molecule has 0 aliphatic rings. The lowest BCUT2D eigenvalue weighted by atomic mass is 10.0. The number of unbranched alkanes of at least 4 members (excludes halogenated alkanes) is 2. The third-order valence-corrected chi connectivity index (χ3v) is 2.69. The molecular weight excluding hydrogens is 278 g/mol. The molecule has 1 aromatic rings. The van der Waals surface area contributed by atoms with Gasteiger partial charge in [-0.15, -0.1) is 10.1 Å². The fraction of sp³-hybridized carbons (Fsp3) is 0.429. The second-order valence-corrected chi connectivity index (χ2v) is 4.38. The van der Waals surface area contributed by atoms with E-state index in [9.17, 15) is 19.7 Å². The Hall–Kier alpha value is -2.44. The molecule has 0 unspecified atom stereocenters. The smallest absolute Gasteiger partial charge is 0.308 e. The first-order valence-electron chi connectivity index (χ1n) is 6.58. The van der Waals surface area contributed by atoms with E-state index in [4.69, 9.17) is 4.74 Å². The molecular formula is C14H17NO6. The van der Waals surface area contributed by atoms with Gasteiger partial charge >= 0.3 is 5.97 Å². The van der Waals surface area contributed by atoms with Crippen LogP contribution in [0.5, 0.6) is 5.75 Å². The highest BCUT2D eigenvalue weighted by molar-refractivity contribution is 5.99. The van der Waals surface area contributed by atoms with Crippen molar-refractivity contribution >= 4 is 11.8 Å². The maximum atomic E-state index is 12.1. The zero-order valence-electron chi connectivity index (χ0n) is 11.7. The minimum atomic E-state index is -0.833. The van der Waals surface area contributed by atoms with Crippen LogP contribution in [0.4, 0.5) is 0 Å². The number of para-hydroxylation sites is 1. The number of ketones is 1. The van der Waals surface area contributed by atoms with Gasteiger partial charge in [-0.25, -0.2) is 0 Å². The first-order valence-corrected chi connectivity index (χ1v) is 6.58. The van der Waals surface area contributed by atoms with Crippen LogP contribution in [0.1, 0.15) is 43.0 Å². The van der Waals surface area contributed by atoms with Gasteiger partial charge in [0.05, 0.1) is 12.2 Å². The Balaban J connectivity index is 2.41. The van der Waals surface area contributed by atoms with Gasteiger partial charge in [0.1, 0.15) is 5.75 Å². The highest BCUT2D eigenvalue weighted by atomic mass is 16.9. The molecule has 21 heavy (non-hydrogen) atoms. The molecule has 0 N–H and O–H groups in total. The van der Waals surface area contributed by atoms with E-state index < -0.39 is 11.1 Å². The monoisotopic (exact) mass is 295 g/mol. The van der Waals surface area contributed by atoms with Crippen molar-refractivity contribution in [3.63, 3.8) is 0 Å². The summed E-state index contributed by atoms with van der Waals surface area (Å²) < 4.78 is 4.98. The number of Topliss-reactive ketones (excluding diaryl/α,β-unsaturated/α-hetero) is 1. The van der Waals surface area contributed by atoms with E-state index >= 15 is 0 Å². The van der Waals surface area contributed by atoms with Crippen molar-refractivity contribution in [2.45, 2.75) is 32.6 Å². The molecule has 1 rings (SSSR count). The first-order chi connectivity index (χ1) is 10.0. The van der Waals surface area contributed by atoms with E-state index in [1.165, 1.54) is 6.92 Å². The molecule has 0 heterocycles. The standard InChI is InChI=1S/C14H17NO6/c1-11(16)21-14-9-5-4-7-12(14)13(17)8-3-2-6-10-20-15(18)19/h4-5,7,9H,2-3,6,8,10H2,1H3. The van der Waals surface area contributed by atoms with Crippen molar-refractivity contribution in [1.82, 2.24) is 0 Å². The predicted molar refractivity (Wildman–Crippen MR) is 73.5 cm³/mol. The number of hydrogen-bond donors (Lipinski definition) is 0. The number of rotatable bonds is 9. The second-order valence-electron chi connectivity index (χ2n) is 4.38. The van der Waals surface area contributed by atoms with E-state index in [2.05, 4.69) is 4.84 Å². The van der Waals surface area contributed by atoms with Crippen molar-refractivity contribution in [3.05, 3.63) is 39.9 Å². The van der Waals surface area contributed by atoms with Crippen LogP contribution in [0.2, 0.25) is 0 Å². The van der Waals surface area contributed by atoms with Crippen LogP contribution in [-0.2, 0) is 9.63 Å². The predicted octanol–water partition coefficient (Wildman–Crippen LogP) is 2.56. The molecule has 0 saturated carbocycles. The Morgan fingerprint density at radius 1 is 1.19 bits per heavy atom. The van der Waals surface area contributed by atoms with Crippen molar-refractivity contribution in [1.29, 1.82) is 0 Å². The van der Waals surface area contributed by atoms with Crippen LogP contribution in [-0.4, -0.2) is 23.4 Å². The Labute approximate surface area is 122 Å². The molecule has 7 nitrogen and oxygen atoms in total. The number of carbonyl (C=O) groups excluding carboxylic acids is 2.